The normalized spacial score (nSPS) is 10.8. The van der Waals surface area contributed by atoms with Crippen LogP contribution in [0.2, 0.25) is 10.0 Å². The maximum absolute atomic E-state index is 12.8. The number of benzene rings is 4. The fourth-order valence-electron chi connectivity index (χ4n) is 3.38. The molecule has 0 radical (unpaired) electrons. The minimum Gasteiger partial charge on any atom is -0.497 e. The zero-order chi connectivity index (χ0) is 26.4. The minimum absolute atomic E-state index is 0.130. The van der Waals surface area contributed by atoms with Crippen molar-refractivity contribution in [3.63, 3.8) is 0 Å². The molecule has 0 aromatic heterocycles. The number of hydrogen-bond acceptors (Lipinski definition) is 6. The second-order valence-electron chi connectivity index (χ2n) is 7.59. The fraction of sp³-hybridized carbons (Fsp3) is 0.0370. The molecule has 0 fully saturated rings. The molecular formula is C27H19Cl2N3O5. The van der Waals surface area contributed by atoms with E-state index in [1.54, 1.807) is 36.4 Å². The number of nitrogens with one attached hydrogen (secondary N) is 2. The Labute approximate surface area is 221 Å². The second kappa shape index (κ2) is 11.6. The van der Waals surface area contributed by atoms with Crippen LogP contribution in [0, 0.1) is 0 Å². The van der Waals surface area contributed by atoms with Gasteiger partial charge in [0.2, 0.25) is 0 Å². The number of anilines is 1. The molecular weight excluding hydrogens is 517 g/mol. The summed E-state index contributed by atoms with van der Waals surface area (Å²) >= 11 is 12.1. The van der Waals surface area contributed by atoms with Crippen molar-refractivity contribution >= 4 is 63.7 Å². The summed E-state index contributed by atoms with van der Waals surface area (Å²) in [5.74, 6) is -1.81. The third-order valence-corrected chi connectivity index (χ3v) is 5.75. The average molecular weight is 536 g/mol. The smallest absolute Gasteiger partial charge is 0.345 e. The number of amides is 2. The molecule has 2 N–H and O–H groups in total. The Bertz CT molecular complexity index is 1520. The van der Waals surface area contributed by atoms with Crippen LogP contribution < -0.4 is 20.2 Å². The zero-order valence-electron chi connectivity index (χ0n) is 19.3. The summed E-state index contributed by atoms with van der Waals surface area (Å²) in [6.45, 7) is 0. The molecule has 4 rings (SSSR count). The first kappa shape index (κ1) is 25.7. The molecule has 37 heavy (non-hydrogen) atoms. The van der Waals surface area contributed by atoms with E-state index in [1.165, 1.54) is 31.5 Å². The van der Waals surface area contributed by atoms with E-state index in [-0.39, 0.29) is 16.3 Å². The highest BCUT2D eigenvalue weighted by atomic mass is 35.5. The van der Waals surface area contributed by atoms with E-state index >= 15 is 0 Å². The van der Waals surface area contributed by atoms with Gasteiger partial charge in [0.25, 0.3) is 0 Å². The lowest BCUT2D eigenvalue weighted by Gasteiger charge is -2.11. The Morgan fingerprint density at radius 3 is 2.38 bits per heavy atom. The van der Waals surface area contributed by atoms with Crippen molar-refractivity contribution in [2.75, 3.05) is 12.4 Å². The maximum atomic E-state index is 12.8. The Kier molecular flexibility index (Phi) is 8.02. The van der Waals surface area contributed by atoms with Gasteiger partial charge in [-0.25, -0.2) is 10.2 Å². The summed E-state index contributed by atoms with van der Waals surface area (Å²) in [6, 6.07) is 21.6. The number of hydrazone groups is 1. The van der Waals surface area contributed by atoms with E-state index < -0.39 is 17.8 Å². The van der Waals surface area contributed by atoms with Crippen LogP contribution in [0.3, 0.4) is 0 Å². The lowest BCUT2D eigenvalue weighted by molar-refractivity contribution is -0.136. The second-order valence-corrected chi connectivity index (χ2v) is 8.44. The highest BCUT2D eigenvalue weighted by Gasteiger charge is 2.17. The number of methoxy groups -OCH3 is 1. The van der Waals surface area contributed by atoms with Crippen LogP contribution in [-0.2, 0) is 9.59 Å². The SMILES string of the molecule is COc1ccc(NC(=O)C(=O)N/N=C\c2c(OC(=O)c3ccc(Cl)cc3Cl)ccc3ccccc23)cc1. The summed E-state index contributed by atoms with van der Waals surface area (Å²) in [4.78, 5) is 37.3. The highest BCUT2D eigenvalue weighted by molar-refractivity contribution is 6.39. The summed E-state index contributed by atoms with van der Waals surface area (Å²) in [6.07, 6.45) is 1.30. The number of nitrogens with zero attached hydrogens (tertiary/aromatic N) is 1. The summed E-state index contributed by atoms with van der Waals surface area (Å²) in [7, 11) is 1.52. The van der Waals surface area contributed by atoms with Gasteiger partial charge in [0.15, 0.2) is 0 Å². The molecule has 0 aliphatic heterocycles. The molecule has 0 atom stereocenters. The molecule has 0 aliphatic carbocycles. The number of fused-ring (bicyclic) bond motifs is 1. The van der Waals surface area contributed by atoms with Crippen molar-refractivity contribution in [2.45, 2.75) is 0 Å². The molecule has 186 valence electrons. The third-order valence-electron chi connectivity index (χ3n) is 5.20. The van der Waals surface area contributed by atoms with Gasteiger partial charge in [-0.3, -0.25) is 9.59 Å². The summed E-state index contributed by atoms with van der Waals surface area (Å²) < 4.78 is 10.7. The molecule has 8 nitrogen and oxygen atoms in total. The van der Waals surface area contributed by atoms with Crippen molar-refractivity contribution in [2.24, 2.45) is 5.10 Å². The molecule has 0 unspecified atom stereocenters. The number of rotatable bonds is 6. The van der Waals surface area contributed by atoms with Crippen LogP contribution in [-0.4, -0.2) is 31.1 Å². The van der Waals surface area contributed by atoms with E-state index in [9.17, 15) is 14.4 Å². The van der Waals surface area contributed by atoms with Gasteiger partial charge in [0.1, 0.15) is 11.5 Å². The third kappa shape index (κ3) is 6.24. The van der Waals surface area contributed by atoms with Gasteiger partial charge in [0, 0.05) is 16.3 Å². The average Bonchev–Trinajstić information content (AvgIpc) is 2.89. The molecule has 4 aromatic rings. The largest absolute Gasteiger partial charge is 0.497 e. The summed E-state index contributed by atoms with van der Waals surface area (Å²) in [5, 5.41) is 8.45. The van der Waals surface area contributed by atoms with Crippen LogP contribution in [0.25, 0.3) is 10.8 Å². The maximum Gasteiger partial charge on any atom is 0.345 e. The summed E-state index contributed by atoms with van der Waals surface area (Å²) in [5.41, 5.74) is 3.13. The van der Waals surface area contributed by atoms with Crippen molar-refractivity contribution in [1.82, 2.24) is 5.43 Å². The topological polar surface area (TPSA) is 106 Å². The molecule has 0 saturated heterocycles. The molecule has 0 heterocycles. The fourth-order valence-corrected chi connectivity index (χ4v) is 3.86. The van der Waals surface area contributed by atoms with E-state index in [1.807, 2.05) is 24.3 Å². The zero-order valence-corrected chi connectivity index (χ0v) is 20.8. The number of carbonyl (C=O) groups is 3. The van der Waals surface area contributed by atoms with Gasteiger partial charge in [0.05, 0.1) is 23.9 Å². The Morgan fingerprint density at radius 1 is 0.892 bits per heavy atom. The standard InChI is InChI=1S/C27H19Cl2N3O5/c1-36-19-10-8-18(9-11-19)31-25(33)26(34)32-30-15-22-20-5-3-2-4-16(20)6-13-24(22)37-27(35)21-12-7-17(28)14-23(21)29/h2-15H,1H3,(H,31,33)(H,32,34)/b30-15-. The first-order valence-electron chi connectivity index (χ1n) is 10.8. The van der Waals surface area contributed by atoms with E-state index in [4.69, 9.17) is 32.7 Å². The molecule has 4 aromatic carbocycles. The quantitative estimate of drug-likeness (QED) is 0.112. The van der Waals surface area contributed by atoms with Gasteiger partial charge in [-0.1, -0.05) is 53.5 Å². The first-order valence-corrected chi connectivity index (χ1v) is 11.6. The number of ether oxygens (including phenoxy) is 2. The van der Waals surface area contributed by atoms with Crippen LogP contribution in [0.4, 0.5) is 5.69 Å². The van der Waals surface area contributed by atoms with Crippen LogP contribution in [0.1, 0.15) is 15.9 Å². The van der Waals surface area contributed by atoms with Crippen LogP contribution in [0.15, 0.2) is 84.0 Å². The van der Waals surface area contributed by atoms with E-state index in [0.29, 0.717) is 27.4 Å². The first-order chi connectivity index (χ1) is 17.9. The van der Waals surface area contributed by atoms with E-state index in [0.717, 1.165) is 5.39 Å². The molecule has 0 aliphatic rings. The lowest BCUT2D eigenvalue weighted by Crippen LogP contribution is -2.32. The van der Waals surface area contributed by atoms with Crippen molar-refractivity contribution in [3.05, 3.63) is 100 Å². The Morgan fingerprint density at radius 2 is 1.65 bits per heavy atom. The number of hydrogen-bond donors (Lipinski definition) is 2. The van der Waals surface area contributed by atoms with Crippen LogP contribution >= 0.6 is 23.2 Å². The molecule has 0 saturated carbocycles. The van der Waals surface area contributed by atoms with Crippen molar-refractivity contribution in [1.29, 1.82) is 0 Å². The van der Waals surface area contributed by atoms with Gasteiger partial charge < -0.3 is 14.8 Å². The Hall–Kier alpha value is -4.40. The number of carbonyl (C=O) groups excluding carboxylic acids is 3. The van der Waals surface area contributed by atoms with Gasteiger partial charge >= 0.3 is 17.8 Å². The monoisotopic (exact) mass is 535 g/mol. The molecule has 0 spiro atoms. The molecule has 2 amide bonds. The highest BCUT2D eigenvalue weighted by Crippen LogP contribution is 2.29. The van der Waals surface area contributed by atoms with Crippen molar-refractivity contribution in [3.8, 4) is 11.5 Å². The minimum atomic E-state index is -0.987. The van der Waals surface area contributed by atoms with Gasteiger partial charge in [-0.05, 0) is 59.3 Å². The van der Waals surface area contributed by atoms with E-state index in [2.05, 4.69) is 15.8 Å². The number of esters is 1. The lowest BCUT2D eigenvalue weighted by atomic mass is 10.0. The predicted octanol–water partition coefficient (Wildman–Crippen LogP) is 5.46. The van der Waals surface area contributed by atoms with Crippen molar-refractivity contribution < 1.29 is 23.9 Å². The predicted molar refractivity (Wildman–Crippen MR) is 143 cm³/mol. The molecule has 0 bridgehead atoms. The van der Waals surface area contributed by atoms with Crippen LogP contribution in [0.5, 0.6) is 11.5 Å². The van der Waals surface area contributed by atoms with Gasteiger partial charge in [-0.2, -0.15) is 5.10 Å². The Balaban J connectivity index is 1.53. The molecule has 10 heteroatoms. The number of halogens is 2. The van der Waals surface area contributed by atoms with Gasteiger partial charge in [-0.15, -0.1) is 0 Å².